The Morgan fingerprint density at radius 1 is 1.17 bits per heavy atom. The lowest BCUT2D eigenvalue weighted by atomic mass is 9.92. The van der Waals surface area contributed by atoms with Crippen LogP contribution in [0.4, 0.5) is 0 Å². The van der Waals surface area contributed by atoms with E-state index in [1.165, 1.54) is 51.5 Å². The number of nitrogens with zero attached hydrogens (tertiary/aromatic N) is 1. The van der Waals surface area contributed by atoms with Gasteiger partial charge in [-0.3, -0.25) is 4.90 Å². The molecule has 18 heavy (non-hydrogen) atoms. The Bertz CT molecular complexity index is 199. The summed E-state index contributed by atoms with van der Waals surface area (Å²) in [6, 6.07) is 2.27. The summed E-state index contributed by atoms with van der Waals surface area (Å²) in [6.07, 6.45) is 9.47. The van der Waals surface area contributed by atoms with Crippen LogP contribution in [0.1, 0.15) is 72.6 Å². The monoisotopic (exact) mass is 254 g/mol. The molecule has 0 aromatic heterocycles. The molecular weight excluding hydrogens is 220 g/mol. The highest BCUT2D eigenvalue weighted by Crippen LogP contribution is 2.25. The molecule has 0 aromatic carbocycles. The Kier molecular flexibility index (Phi) is 7.92. The largest absolute Gasteiger partial charge is 0.313 e. The third-order valence-corrected chi connectivity index (χ3v) is 4.52. The van der Waals surface area contributed by atoms with Crippen LogP contribution in [0.15, 0.2) is 0 Å². The molecule has 0 bridgehead atoms. The molecule has 1 aliphatic heterocycles. The normalized spacial score (nSPS) is 25.0. The summed E-state index contributed by atoms with van der Waals surface area (Å²) >= 11 is 0. The first-order valence-corrected chi connectivity index (χ1v) is 8.27. The van der Waals surface area contributed by atoms with Crippen LogP contribution in [0.5, 0.6) is 0 Å². The average Bonchev–Trinajstić information content (AvgIpc) is 2.40. The van der Waals surface area contributed by atoms with Crippen LogP contribution in [-0.2, 0) is 0 Å². The third kappa shape index (κ3) is 4.24. The summed E-state index contributed by atoms with van der Waals surface area (Å²) in [5.74, 6) is 0. The molecule has 108 valence electrons. The molecule has 1 rings (SSSR count). The van der Waals surface area contributed by atoms with E-state index in [1.54, 1.807) is 0 Å². The summed E-state index contributed by atoms with van der Waals surface area (Å²) in [5.41, 5.74) is 0. The van der Waals surface area contributed by atoms with Gasteiger partial charge in [-0.25, -0.2) is 0 Å². The molecule has 1 fully saturated rings. The van der Waals surface area contributed by atoms with Gasteiger partial charge in [-0.15, -0.1) is 0 Å². The minimum absolute atomic E-state index is 0.692. The van der Waals surface area contributed by atoms with Crippen LogP contribution < -0.4 is 5.32 Å². The zero-order chi connectivity index (χ0) is 13.4. The van der Waals surface area contributed by atoms with Gasteiger partial charge >= 0.3 is 0 Å². The number of hydrogen-bond donors (Lipinski definition) is 1. The van der Waals surface area contributed by atoms with Gasteiger partial charge in [0.2, 0.25) is 0 Å². The SMILES string of the molecule is CCCC(NCC)C(CC)N1CCCCC1CC. The van der Waals surface area contributed by atoms with Crippen molar-refractivity contribution < 1.29 is 0 Å². The lowest BCUT2D eigenvalue weighted by Gasteiger charge is -2.44. The van der Waals surface area contributed by atoms with Crippen molar-refractivity contribution in [2.45, 2.75) is 90.8 Å². The molecule has 1 N–H and O–H groups in total. The molecule has 2 heteroatoms. The maximum absolute atomic E-state index is 3.73. The van der Waals surface area contributed by atoms with E-state index in [0.29, 0.717) is 6.04 Å². The lowest BCUT2D eigenvalue weighted by Crippen LogP contribution is -2.54. The van der Waals surface area contributed by atoms with E-state index in [4.69, 9.17) is 0 Å². The van der Waals surface area contributed by atoms with E-state index in [2.05, 4.69) is 37.9 Å². The minimum Gasteiger partial charge on any atom is -0.313 e. The van der Waals surface area contributed by atoms with E-state index >= 15 is 0 Å². The van der Waals surface area contributed by atoms with Crippen molar-refractivity contribution in [3.8, 4) is 0 Å². The summed E-state index contributed by atoms with van der Waals surface area (Å²) in [7, 11) is 0. The average molecular weight is 254 g/mol. The topological polar surface area (TPSA) is 15.3 Å². The lowest BCUT2D eigenvalue weighted by molar-refractivity contribution is 0.0649. The molecule has 0 amide bonds. The minimum atomic E-state index is 0.692. The van der Waals surface area contributed by atoms with Crippen LogP contribution in [0.3, 0.4) is 0 Å². The summed E-state index contributed by atoms with van der Waals surface area (Å²) in [6.45, 7) is 11.7. The summed E-state index contributed by atoms with van der Waals surface area (Å²) < 4.78 is 0. The first kappa shape index (κ1) is 16.0. The van der Waals surface area contributed by atoms with E-state index < -0.39 is 0 Å². The fourth-order valence-corrected chi connectivity index (χ4v) is 3.65. The highest BCUT2D eigenvalue weighted by molar-refractivity contribution is 4.88. The van der Waals surface area contributed by atoms with Gasteiger partial charge in [0.1, 0.15) is 0 Å². The standard InChI is InChI=1S/C16H34N2/c1-5-11-15(17-8-4)16(7-3)18-13-10-9-12-14(18)6-2/h14-17H,5-13H2,1-4H3. The van der Waals surface area contributed by atoms with Crippen molar-refractivity contribution in [3.05, 3.63) is 0 Å². The second-order valence-electron chi connectivity index (χ2n) is 5.72. The Morgan fingerprint density at radius 2 is 1.94 bits per heavy atom. The number of hydrogen-bond acceptors (Lipinski definition) is 2. The smallest absolute Gasteiger partial charge is 0.0249 e. The Balaban J connectivity index is 2.70. The fraction of sp³-hybridized carbons (Fsp3) is 1.00. The first-order valence-electron chi connectivity index (χ1n) is 8.27. The highest BCUT2D eigenvalue weighted by atomic mass is 15.2. The number of likely N-dealkylation sites (N-methyl/N-ethyl adjacent to an activating group) is 1. The maximum atomic E-state index is 3.73. The van der Waals surface area contributed by atoms with Crippen molar-refractivity contribution in [1.29, 1.82) is 0 Å². The van der Waals surface area contributed by atoms with Crippen LogP contribution in [-0.4, -0.2) is 36.1 Å². The van der Waals surface area contributed by atoms with Crippen molar-refractivity contribution in [1.82, 2.24) is 10.2 Å². The van der Waals surface area contributed by atoms with Crippen LogP contribution >= 0.6 is 0 Å². The zero-order valence-corrected chi connectivity index (χ0v) is 13.0. The molecule has 0 saturated carbocycles. The van der Waals surface area contributed by atoms with Gasteiger partial charge in [0.25, 0.3) is 0 Å². The van der Waals surface area contributed by atoms with E-state index in [9.17, 15) is 0 Å². The highest BCUT2D eigenvalue weighted by Gasteiger charge is 2.31. The number of rotatable bonds is 8. The molecule has 0 aliphatic carbocycles. The third-order valence-electron chi connectivity index (χ3n) is 4.52. The van der Waals surface area contributed by atoms with E-state index in [-0.39, 0.29) is 0 Å². The first-order chi connectivity index (χ1) is 8.78. The predicted molar refractivity (Wildman–Crippen MR) is 81.1 cm³/mol. The van der Waals surface area contributed by atoms with E-state index in [1.807, 2.05) is 0 Å². The molecule has 3 atom stereocenters. The molecule has 1 aliphatic rings. The number of piperidine rings is 1. The van der Waals surface area contributed by atoms with Gasteiger partial charge in [0, 0.05) is 18.1 Å². The Morgan fingerprint density at radius 3 is 2.50 bits per heavy atom. The van der Waals surface area contributed by atoms with Gasteiger partial charge in [0.05, 0.1) is 0 Å². The van der Waals surface area contributed by atoms with Crippen LogP contribution in [0, 0.1) is 0 Å². The second kappa shape index (κ2) is 8.92. The molecule has 1 saturated heterocycles. The van der Waals surface area contributed by atoms with Crippen LogP contribution in [0.25, 0.3) is 0 Å². The molecule has 0 spiro atoms. The van der Waals surface area contributed by atoms with Crippen molar-refractivity contribution >= 4 is 0 Å². The molecular formula is C16H34N2. The van der Waals surface area contributed by atoms with Crippen LogP contribution in [0.2, 0.25) is 0 Å². The van der Waals surface area contributed by atoms with E-state index in [0.717, 1.165) is 18.6 Å². The van der Waals surface area contributed by atoms with Gasteiger partial charge in [-0.2, -0.15) is 0 Å². The second-order valence-corrected chi connectivity index (χ2v) is 5.72. The maximum Gasteiger partial charge on any atom is 0.0249 e. The van der Waals surface area contributed by atoms with Crippen molar-refractivity contribution in [2.24, 2.45) is 0 Å². The molecule has 2 nitrogen and oxygen atoms in total. The number of likely N-dealkylation sites (tertiary alicyclic amines) is 1. The Hall–Kier alpha value is -0.0800. The van der Waals surface area contributed by atoms with Gasteiger partial charge in [-0.1, -0.05) is 40.5 Å². The zero-order valence-electron chi connectivity index (χ0n) is 13.0. The van der Waals surface area contributed by atoms with Crippen molar-refractivity contribution in [3.63, 3.8) is 0 Å². The molecule has 0 aromatic rings. The molecule has 3 unspecified atom stereocenters. The predicted octanol–water partition coefficient (Wildman–Crippen LogP) is 3.81. The van der Waals surface area contributed by atoms with Gasteiger partial charge < -0.3 is 5.32 Å². The van der Waals surface area contributed by atoms with Crippen molar-refractivity contribution in [2.75, 3.05) is 13.1 Å². The van der Waals surface area contributed by atoms with Gasteiger partial charge in [-0.05, 0) is 45.2 Å². The number of nitrogens with one attached hydrogen (secondary N) is 1. The fourth-order valence-electron chi connectivity index (χ4n) is 3.65. The summed E-state index contributed by atoms with van der Waals surface area (Å²) in [5, 5.41) is 3.73. The molecule has 0 radical (unpaired) electrons. The summed E-state index contributed by atoms with van der Waals surface area (Å²) in [4.78, 5) is 2.83. The molecule has 1 heterocycles. The quantitative estimate of drug-likeness (QED) is 0.708. The van der Waals surface area contributed by atoms with Gasteiger partial charge in [0.15, 0.2) is 0 Å². The Labute approximate surface area is 115 Å².